The maximum Gasteiger partial charge on any atom is 0.120 e. The summed E-state index contributed by atoms with van der Waals surface area (Å²) in [5, 5.41) is 13.3. The first kappa shape index (κ1) is 22.0. The van der Waals surface area contributed by atoms with E-state index in [1.165, 1.54) is 0 Å². The fourth-order valence-corrected chi connectivity index (χ4v) is 4.69. The van der Waals surface area contributed by atoms with Crippen molar-refractivity contribution in [1.82, 2.24) is 0 Å². The Labute approximate surface area is 199 Å². The largest absolute Gasteiger partial charge is 0.489 e. The van der Waals surface area contributed by atoms with Gasteiger partial charge in [-0.1, -0.05) is 54.6 Å². The van der Waals surface area contributed by atoms with Crippen LogP contribution in [0.3, 0.4) is 0 Å². The van der Waals surface area contributed by atoms with Crippen molar-refractivity contribution in [2.45, 2.75) is 30.9 Å². The van der Waals surface area contributed by atoms with E-state index in [4.69, 9.17) is 21.1 Å². The molecule has 1 fully saturated rings. The summed E-state index contributed by atoms with van der Waals surface area (Å²) in [6.07, 6.45) is 1.24. The van der Waals surface area contributed by atoms with Gasteiger partial charge in [0.2, 0.25) is 0 Å². The highest BCUT2D eigenvalue weighted by Gasteiger charge is 2.31. The van der Waals surface area contributed by atoms with Crippen LogP contribution in [0.4, 0.5) is 0 Å². The average Bonchev–Trinajstić information content (AvgIpc) is 2.88. The van der Waals surface area contributed by atoms with E-state index < -0.39 is 5.60 Å². The van der Waals surface area contributed by atoms with Gasteiger partial charge in [0, 0.05) is 31.9 Å². The van der Waals surface area contributed by atoms with Gasteiger partial charge < -0.3 is 14.6 Å². The smallest absolute Gasteiger partial charge is 0.120 e. The van der Waals surface area contributed by atoms with Gasteiger partial charge in [0.1, 0.15) is 12.4 Å². The van der Waals surface area contributed by atoms with E-state index in [-0.39, 0.29) is 0 Å². The SMILES string of the molecule is OC1(c2cccc(COc3ccc4cc(CCl)cc(-c5ccccc5)c4c3)c2)CCOCC1. The molecule has 168 valence electrons. The molecule has 0 bridgehead atoms. The lowest BCUT2D eigenvalue weighted by molar-refractivity contribution is -0.0679. The van der Waals surface area contributed by atoms with Crippen molar-refractivity contribution in [3.05, 3.63) is 102 Å². The van der Waals surface area contributed by atoms with Crippen LogP contribution < -0.4 is 4.74 Å². The van der Waals surface area contributed by atoms with Gasteiger partial charge in [-0.2, -0.15) is 0 Å². The number of alkyl halides is 1. The highest BCUT2D eigenvalue weighted by atomic mass is 35.5. The number of hydrogen-bond donors (Lipinski definition) is 1. The lowest BCUT2D eigenvalue weighted by Crippen LogP contribution is -2.33. The van der Waals surface area contributed by atoms with Gasteiger partial charge in [0.05, 0.1) is 5.60 Å². The highest BCUT2D eigenvalue weighted by molar-refractivity contribution is 6.17. The average molecular weight is 459 g/mol. The summed E-state index contributed by atoms with van der Waals surface area (Å²) in [6, 6.07) is 28.9. The molecule has 0 unspecified atom stereocenters. The lowest BCUT2D eigenvalue weighted by atomic mass is 9.86. The standard InChI is InChI=1S/C29H27ClO3/c30-19-22-15-24-9-10-26(18-28(24)27(17-22)23-6-2-1-3-7-23)33-20-21-5-4-8-25(16-21)29(31)11-13-32-14-12-29/h1-10,15-18,31H,11-14,19-20H2. The molecule has 33 heavy (non-hydrogen) atoms. The maximum atomic E-state index is 11.0. The summed E-state index contributed by atoms with van der Waals surface area (Å²) >= 11 is 6.16. The summed E-state index contributed by atoms with van der Waals surface area (Å²) in [5.41, 5.74) is 4.56. The number of ether oxygens (including phenoxy) is 2. The Morgan fingerprint density at radius 2 is 1.67 bits per heavy atom. The minimum absolute atomic E-state index is 0.437. The number of rotatable bonds is 6. The number of hydrogen-bond acceptors (Lipinski definition) is 3. The second kappa shape index (κ2) is 9.56. The second-order valence-corrected chi connectivity index (χ2v) is 8.93. The van der Waals surface area contributed by atoms with Crippen LogP contribution in [0, 0.1) is 0 Å². The minimum atomic E-state index is -0.818. The van der Waals surface area contributed by atoms with Gasteiger partial charge in [-0.25, -0.2) is 0 Å². The van der Waals surface area contributed by atoms with Gasteiger partial charge in [-0.15, -0.1) is 11.6 Å². The molecule has 3 nitrogen and oxygen atoms in total. The molecular formula is C29H27ClO3. The van der Waals surface area contributed by atoms with E-state index in [2.05, 4.69) is 42.5 Å². The minimum Gasteiger partial charge on any atom is -0.489 e. The normalized spacial score (nSPS) is 15.5. The molecule has 1 N–H and O–H groups in total. The molecule has 0 aliphatic carbocycles. The predicted molar refractivity (Wildman–Crippen MR) is 134 cm³/mol. The molecule has 1 aliphatic heterocycles. The van der Waals surface area contributed by atoms with Crippen LogP contribution in [0.25, 0.3) is 21.9 Å². The zero-order valence-corrected chi connectivity index (χ0v) is 19.2. The molecule has 4 aromatic rings. The Morgan fingerprint density at radius 1 is 0.848 bits per heavy atom. The predicted octanol–water partition coefficient (Wildman–Crippen LogP) is 6.82. The van der Waals surface area contributed by atoms with E-state index >= 15 is 0 Å². The quantitative estimate of drug-likeness (QED) is 0.322. The molecule has 1 heterocycles. The first-order chi connectivity index (χ1) is 16.1. The second-order valence-electron chi connectivity index (χ2n) is 8.66. The number of fused-ring (bicyclic) bond motifs is 1. The van der Waals surface area contributed by atoms with Crippen molar-refractivity contribution >= 4 is 22.4 Å². The summed E-state index contributed by atoms with van der Waals surface area (Å²) in [7, 11) is 0. The highest BCUT2D eigenvalue weighted by Crippen LogP contribution is 2.34. The topological polar surface area (TPSA) is 38.7 Å². The molecule has 5 rings (SSSR count). The van der Waals surface area contributed by atoms with Crippen LogP contribution in [0.1, 0.15) is 29.5 Å². The van der Waals surface area contributed by atoms with Gasteiger partial charge in [-0.3, -0.25) is 0 Å². The zero-order chi connectivity index (χ0) is 22.7. The maximum absolute atomic E-state index is 11.0. The number of halogens is 1. The molecule has 4 aromatic carbocycles. The fourth-order valence-electron chi connectivity index (χ4n) is 4.54. The third-order valence-electron chi connectivity index (χ3n) is 6.41. The van der Waals surface area contributed by atoms with Crippen LogP contribution >= 0.6 is 11.6 Å². The monoisotopic (exact) mass is 458 g/mol. The van der Waals surface area contributed by atoms with Crippen LogP contribution in [-0.4, -0.2) is 18.3 Å². The molecule has 1 aliphatic rings. The summed E-state index contributed by atoms with van der Waals surface area (Å²) in [4.78, 5) is 0. The molecule has 4 heteroatoms. The number of aliphatic hydroxyl groups is 1. The molecule has 0 radical (unpaired) electrons. The molecule has 0 atom stereocenters. The third-order valence-corrected chi connectivity index (χ3v) is 6.72. The van der Waals surface area contributed by atoms with Crippen molar-refractivity contribution in [2.75, 3.05) is 13.2 Å². The first-order valence-corrected chi connectivity index (χ1v) is 11.9. The Balaban J connectivity index is 1.42. The van der Waals surface area contributed by atoms with Gasteiger partial charge in [0.15, 0.2) is 0 Å². The Bertz CT molecular complexity index is 1250. The molecule has 0 amide bonds. The van der Waals surface area contributed by atoms with Crippen molar-refractivity contribution in [3.8, 4) is 16.9 Å². The van der Waals surface area contributed by atoms with E-state index in [1.807, 2.05) is 42.5 Å². The summed E-state index contributed by atoms with van der Waals surface area (Å²) in [6.45, 7) is 1.61. The van der Waals surface area contributed by atoms with Gasteiger partial charge in [-0.05, 0) is 68.9 Å². The number of benzene rings is 4. The van der Waals surface area contributed by atoms with E-state index in [1.54, 1.807) is 0 Å². The van der Waals surface area contributed by atoms with Crippen LogP contribution in [-0.2, 0) is 22.8 Å². The molecule has 1 saturated heterocycles. The van der Waals surface area contributed by atoms with E-state index in [9.17, 15) is 5.11 Å². The molecule has 0 spiro atoms. The van der Waals surface area contributed by atoms with E-state index in [0.717, 1.165) is 44.3 Å². The van der Waals surface area contributed by atoms with Crippen molar-refractivity contribution in [1.29, 1.82) is 0 Å². The third kappa shape index (κ3) is 4.77. The zero-order valence-electron chi connectivity index (χ0n) is 18.5. The van der Waals surface area contributed by atoms with Crippen molar-refractivity contribution in [2.24, 2.45) is 0 Å². The first-order valence-electron chi connectivity index (χ1n) is 11.4. The van der Waals surface area contributed by atoms with Crippen LogP contribution in [0.2, 0.25) is 0 Å². The summed E-state index contributed by atoms with van der Waals surface area (Å²) in [5.74, 6) is 1.29. The fraction of sp³-hybridized carbons (Fsp3) is 0.241. The summed E-state index contributed by atoms with van der Waals surface area (Å²) < 4.78 is 11.6. The van der Waals surface area contributed by atoms with Gasteiger partial charge >= 0.3 is 0 Å². The van der Waals surface area contributed by atoms with E-state index in [0.29, 0.717) is 38.5 Å². The lowest BCUT2D eigenvalue weighted by Gasteiger charge is -2.32. The molecule has 0 saturated carbocycles. The Kier molecular flexibility index (Phi) is 6.37. The Morgan fingerprint density at radius 3 is 2.45 bits per heavy atom. The Hall–Kier alpha value is -2.85. The molecule has 0 aromatic heterocycles. The molecular weight excluding hydrogens is 432 g/mol. The van der Waals surface area contributed by atoms with Crippen LogP contribution in [0.15, 0.2) is 84.9 Å². The van der Waals surface area contributed by atoms with Gasteiger partial charge in [0.25, 0.3) is 0 Å². The van der Waals surface area contributed by atoms with Crippen LogP contribution in [0.5, 0.6) is 5.75 Å². The van der Waals surface area contributed by atoms with Crippen molar-refractivity contribution in [3.63, 3.8) is 0 Å². The van der Waals surface area contributed by atoms with Crippen molar-refractivity contribution < 1.29 is 14.6 Å².